The summed E-state index contributed by atoms with van der Waals surface area (Å²) >= 11 is 0. The van der Waals surface area contributed by atoms with E-state index in [1.807, 2.05) is 30.3 Å². The number of esters is 1. The summed E-state index contributed by atoms with van der Waals surface area (Å²) in [4.78, 5) is 52.1. The number of amides is 1. The maximum Gasteiger partial charge on any atom is 0.331 e. The van der Waals surface area contributed by atoms with Crippen LogP contribution < -0.4 is 16.0 Å². The van der Waals surface area contributed by atoms with E-state index >= 15 is 0 Å². The molecule has 1 saturated heterocycles. The number of hydrogen-bond donors (Lipinski definition) is 0. The van der Waals surface area contributed by atoms with Crippen molar-refractivity contribution in [3.05, 3.63) is 62.9 Å². The molecule has 0 radical (unpaired) electrons. The molecule has 1 aromatic carbocycles. The van der Waals surface area contributed by atoms with Gasteiger partial charge in [0.2, 0.25) is 0 Å². The third-order valence-electron chi connectivity index (χ3n) is 5.91. The minimum Gasteiger partial charge on any atom is -0.494 e. The Morgan fingerprint density at radius 3 is 2.50 bits per heavy atom. The number of rotatable bonds is 7. The van der Waals surface area contributed by atoms with Gasteiger partial charge in [-0.2, -0.15) is 0 Å². The lowest BCUT2D eigenvalue weighted by Crippen LogP contribution is -2.52. The van der Waals surface area contributed by atoms with Gasteiger partial charge in [0, 0.05) is 33.3 Å². The van der Waals surface area contributed by atoms with Crippen LogP contribution in [-0.2, 0) is 23.6 Å². The van der Waals surface area contributed by atoms with Crippen molar-refractivity contribution in [2.24, 2.45) is 19.5 Å². The van der Waals surface area contributed by atoms with Crippen molar-refractivity contribution in [2.75, 3.05) is 26.3 Å². The maximum absolute atomic E-state index is 13.2. The second-order valence-corrected chi connectivity index (χ2v) is 8.01. The molecule has 1 fully saturated rings. The van der Waals surface area contributed by atoms with Crippen LogP contribution in [-0.4, -0.2) is 52.2 Å². The molecule has 0 N–H and O–H groups in total. The summed E-state index contributed by atoms with van der Waals surface area (Å²) in [6.45, 7) is 2.81. The molecule has 0 spiro atoms. The first kappa shape index (κ1) is 23.3. The first-order chi connectivity index (χ1) is 15.3. The van der Waals surface area contributed by atoms with E-state index in [-0.39, 0.29) is 31.4 Å². The van der Waals surface area contributed by atoms with Gasteiger partial charge in [0.1, 0.15) is 11.4 Å². The van der Waals surface area contributed by atoms with Gasteiger partial charge in [0.05, 0.1) is 18.6 Å². The van der Waals surface area contributed by atoms with Crippen LogP contribution in [0.3, 0.4) is 0 Å². The molecule has 3 rings (SSSR count). The van der Waals surface area contributed by atoms with Gasteiger partial charge in [-0.3, -0.25) is 23.5 Å². The number of carbonyl (C=O) groups is 2. The van der Waals surface area contributed by atoms with Gasteiger partial charge in [-0.05, 0) is 38.3 Å². The third kappa shape index (κ3) is 4.76. The second kappa shape index (κ2) is 9.84. The quantitative estimate of drug-likeness (QED) is 0.599. The molecule has 1 aliphatic rings. The van der Waals surface area contributed by atoms with Gasteiger partial charge in [0.25, 0.3) is 11.5 Å². The minimum absolute atomic E-state index is 0.00158. The maximum atomic E-state index is 13.2. The number of carbonyl (C=O) groups excluding carboxylic acids is 2. The van der Waals surface area contributed by atoms with Crippen molar-refractivity contribution in [1.29, 1.82) is 0 Å². The number of nitrogens with zero attached hydrogens (tertiary/aromatic N) is 3. The van der Waals surface area contributed by atoms with Gasteiger partial charge < -0.3 is 14.4 Å². The van der Waals surface area contributed by atoms with E-state index < -0.39 is 22.6 Å². The number of benzene rings is 1. The van der Waals surface area contributed by atoms with Gasteiger partial charge in [-0.1, -0.05) is 18.2 Å². The molecular weight excluding hydrogens is 414 g/mol. The molecular formula is C23H29N3O6. The van der Waals surface area contributed by atoms with Gasteiger partial charge >= 0.3 is 11.7 Å². The van der Waals surface area contributed by atoms with Crippen LogP contribution in [0.4, 0.5) is 0 Å². The highest BCUT2D eigenvalue weighted by Gasteiger charge is 2.45. The molecule has 9 heteroatoms. The van der Waals surface area contributed by atoms with Crippen molar-refractivity contribution in [3.63, 3.8) is 0 Å². The van der Waals surface area contributed by atoms with Crippen LogP contribution in [0.25, 0.3) is 0 Å². The highest BCUT2D eigenvalue weighted by Crippen LogP contribution is 2.36. The van der Waals surface area contributed by atoms with Crippen LogP contribution in [0.2, 0.25) is 0 Å². The number of hydrogen-bond acceptors (Lipinski definition) is 6. The van der Waals surface area contributed by atoms with E-state index in [2.05, 4.69) is 0 Å². The molecule has 1 aliphatic heterocycles. The van der Waals surface area contributed by atoms with Gasteiger partial charge in [-0.15, -0.1) is 0 Å². The SMILES string of the molecule is CCOC(=O)[C@@]1(CCOc2ccccc2)CCCN(C(=O)c2cc(=O)n(C)c(=O)n2C)C1. The van der Waals surface area contributed by atoms with Crippen LogP contribution in [0, 0.1) is 5.41 Å². The smallest absolute Gasteiger partial charge is 0.331 e. The monoisotopic (exact) mass is 443 g/mol. The summed E-state index contributed by atoms with van der Waals surface area (Å²) < 4.78 is 13.3. The fourth-order valence-electron chi connectivity index (χ4n) is 4.04. The Bertz CT molecular complexity index is 1090. The Morgan fingerprint density at radius 2 is 1.81 bits per heavy atom. The fraction of sp³-hybridized carbons (Fsp3) is 0.478. The number of aromatic nitrogens is 2. The average Bonchev–Trinajstić information content (AvgIpc) is 2.80. The molecule has 1 atom stereocenters. The standard InChI is InChI=1S/C23H29N3O6/c1-4-31-21(29)23(12-14-32-17-9-6-5-7-10-17)11-8-13-26(16-23)20(28)18-15-19(27)25(3)22(30)24(18)2/h5-7,9-10,15H,4,8,11-14,16H2,1-3H3/t23-/m1/s1. The lowest BCUT2D eigenvalue weighted by Gasteiger charge is -2.41. The van der Waals surface area contributed by atoms with Crippen LogP contribution in [0.1, 0.15) is 36.7 Å². The Morgan fingerprint density at radius 1 is 1.09 bits per heavy atom. The molecule has 0 bridgehead atoms. The average molecular weight is 444 g/mol. The predicted molar refractivity (Wildman–Crippen MR) is 118 cm³/mol. The number of piperidine rings is 1. The summed E-state index contributed by atoms with van der Waals surface area (Å²) in [5.74, 6) is -0.128. The van der Waals surface area contributed by atoms with E-state index in [0.717, 1.165) is 15.2 Å². The molecule has 1 amide bonds. The van der Waals surface area contributed by atoms with E-state index in [9.17, 15) is 19.2 Å². The zero-order valence-electron chi connectivity index (χ0n) is 18.7. The van der Waals surface area contributed by atoms with Gasteiger partial charge in [0.15, 0.2) is 0 Å². The van der Waals surface area contributed by atoms with Gasteiger partial charge in [-0.25, -0.2) is 4.79 Å². The van der Waals surface area contributed by atoms with Crippen molar-refractivity contribution in [2.45, 2.75) is 26.2 Å². The molecule has 0 aliphatic carbocycles. The fourth-order valence-corrected chi connectivity index (χ4v) is 4.04. The summed E-state index contributed by atoms with van der Waals surface area (Å²) in [6.07, 6.45) is 1.53. The van der Waals surface area contributed by atoms with E-state index in [4.69, 9.17) is 9.47 Å². The number of para-hydroxylation sites is 1. The molecule has 1 aromatic heterocycles. The topological polar surface area (TPSA) is 99.8 Å². The zero-order valence-corrected chi connectivity index (χ0v) is 18.7. The Kier molecular flexibility index (Phi) is 7.17. The molecule has 9 nitrogen and oxygen atoms in total. The number of likely N-dealkylation sites (tertiary alicyclic amines) is 1. The zero-order chi connectivity index (χ0) is 23.3. The lowest BCUT2D eigenvalue weighted by atomic mass is 9.77. The van der Waals surface area contributed by atoms with Crippen LogP contribution in [0.15, 0.2) is 46.0 Å². The summed E-state index contributed by atoms with van der Waals surface area (Å²) in [7, 11) is 2.81. The molecule has 2 heterocycles. The number of ether oxygens (including phenoxy) is 2. The summed E-state index contributed by atoms with van der Waals surface area (Å²) in [5.41, 5.74) is -2.05. The van der Waals surface area contributed by atoms with Crippen molar-refractivity contribution >= 4 is 11.9 Å². The lowest BCUT2D eigenvalue weighted by molar-refractivity contribution is -0.159. The molecule has 172 valence electrons. The Balaban J connectivity index is 1.83. The van der Waals surface area contributed by atoms with Crippen molar-refractivity contribution < 1.29 is 19.1 Å². The first-order valence-corrected chi connectivity index (χ1v) is 10.7. The first-order valence-electron chi connectivity index (χ1n) is 10.7. The second-order valence-electron chi connectivity index (χ2n) is 8.01. The third-order valence-corrected chi connectivity index (χ3v) is 5.91. The molecule has 2 aromatic rings. The van der Waals surface area contributed by atoms with Crippen molar-refractivity contribution in [1.82, 2.24) is 14.0 Å². The van der Waals surface area contributed by atoms with Crippen LogP contribution in [0.5, 0.6) is 5.75 Å². The molecule has 0 unspecified atom stereocenters. The van der Waals surface area contributed by atoms with Crippen LogP contribution >= 0.6 is 0 Å². The highest BCUT2D eigenvalue weighted by molar-refractivity contribution is 5.93. The highest BCUT2D eigenvalue weighted by atomic mass is 16.5. The normalized spacial score (nSPS) is 18.3. The Hall–Kier alpha value is -3.36. The Labute approximate surface area is 186 Å². The minimum atomic E-state index is -0.919. The predicted octanol–water partition coefficient (Wildman–Crippen LogP) is 1.34. The summed E-state index contributed by atoms with van der Waals surface area (Å²) in [5, 5.41) is 0. The summed E-state index contributed by atoms with van der Waals surface area (Å²) in [6, 6.07) is 10.5. The van der Waals surface area contributed by atoms with E-state index in [1.54, 1.807) is 6.92 Å². The molecule has 0 saturated carbocycles. The largest absolute Gasteiger partial charge is 0.494 e. The molecule has 32 heavy (non-hydrogen) atoms. The van der Waals surface area contributed by atoms with E-state index in [0.29, 0.717) is 31.6 Å². The van der Waals surface area contributed by atoms with E-state index in [1.165, 1.54) is 19.0 Å². The van der Waals surface area contributed by atoms with Crippen molar-refractivity contribution in [3.8, 4) is 5.75 Å².